The highest BCUT2D eigenvalue weighted by Crippen LogP contribution is 2.44. The molecule has 4 atom stereocenters. The van der Waals surface area contributed by atoms with Crippen molar-refractivity contribution in [2.24, 2.45) is 17.3 Å². The largest absolute Gasteiger partial charge is 0.391 e. The van der Waals surface area contributed by atoms with E-state index in [2.05, 4.69) is 30.8 Å². The lowest BCUT2D eigenvalue weighted by Crippen LogP contribution is -2.36. The summed E-state index contributed by atoms with van der Waals surface area (Å²) in [6.45, 7) is 10.7. The van der Waals surface area contributed by atoms with Crippen LogP contribution in [0.5, 0.6) is 0 Å². The molecule has 1 saturated heterocycles. The second-order valence-electron chi connectivity index (χ2n) is 9.30. The van der Waals surface area contributed by atoms with Gasteiger partial charge < -0.3 is 5.11 Å². The van der Waals surface area contributed by atoms with Crippen molar-refractivity contribution < 1.29 is 5.11 Å². The van der Waals surface area contributed by atoms with Crippen LogP contribution in [0.25, 0.3) is 0 Å². The molecule has 25 heavy (non-hydrogen) atoms. The highest BCUT2D eigenvalue weighted by atomic mass is 16.3. The third-order valence-electron chi connectivity index (χ3n) is 7.12. The van der Waals surface area contributed by atoms with E-state index in [1.807, 2.05) is 23.1 Å². The van der Waals surface area contributed by atoms with Gasteiger partial charge in [-0.05, 0) is 62.3 Å². The van der Waals surface area contributed by atoms with Gasteiger partial charge in [0.05, 0.1) is 12.1 Å². The molecule has 0 unspecified atom stereocenters. The number of aliphatic hydroxyl groups is 1. The summed E-state index contributed by atoms with van der Waals surface area (Å²) >= 11 is 0. The molecule has 4 rings (SSSR count). The quantitative estimate of drug-likeness (QED) is 0.852. The highest BCUT2D eigenvalue weighted by molar-refractivity contribution is 5.24. The summed E-state index contributed by atoms with van der Waals surface area (Å²) in [5.41, 5.74) is 3.66. The molecule has 3 aliphatic rings. The van der Waals surface area contributed by atoms with E-state index in [4.69, 9.17) is 0 Å². The molecule has 0 radical (unpaired) electrons. The minimum absolute atomic E-state index is 0.156. The number of likely N-dealkylation sites (tertiary alicyclic amines) is 1. The molecule has 2 aliphatic carbocycles. The van der Waals surface area contributed by atoms with Crippen LogP contribution in [0.1, 0.15) is 58.9 Å². The van der Waals surface area contributed by atoms with E-state index < -0.39 is 0 Å². The Kier molecular flexibility index (Phi) is 4.53. The molecule has 1 aromatic heterocycles. The van der Waals surface area contributed by atoms with Crippen LogP contribution in [-0.2, 0) is 0 Å². The Bertz CT molecular complexity index is 634. The third kappa shape index (κ3) is 3.31. The maximum Gasteiger partial charge on any atom is 0.0781 e. The summed E-state index contributed by atoms with van der Waals surface area (Å²) < 4.78 is 1.97. The summed E-state index contributed by atoms with van der Waals surface area (Å²) in [5, 5.41) is 15.0. The molecule has 0 spiro atoms. The molecule has 2 heterocycles. The van der Waals surface area contributed by atoms with Gasteiger partial charge in [-0.3, -0.25) is 9.58 Å². The predicted molar refractivity (Wildman–Crippen MR) is 100 cm³/mol. The van der Waals surface area contributed by atoms with Crippen molar-refractivity contribution in [2.75, 3.05) is 19.6 Å². The summed E-state index contributed by atoms with van der Waals surface area (Å²) in [6, 6.07) is 2.11. The first-order chi connectivity index (χ1) is 11.9. The summed E-state index contributed by atoms with van der Waals surface area (Å²) in [5.74, 6) is 1.35. The molecular formula is C21H33N3O. The smallest absolute Gasteiger partial charge is 0.0781 e. The van der Waals surface area contributed by atoms with Crippen molar-refractivity contribution in [2.45, 2.75) is 65.0 Å². The van der Waals surface area contributed by atoms with Gasteiger partial charge in [0, 0.05) is 32.0 Å². The first kappa shape index (κ1) is 17.3. The number of fused-ring (bicyclic) bond motifs is 1. The fraction of sp³-hybridized carbons (Fsp3) is 0.762. The van der Waals surface area contributed by atoms with Crippen LogP contribution in [0.3, 0.4) is 0 Å². The fourth-order valence-corrected chi connectivity index (χ4v) is 5.64. The van der Waals surface area contributed by atoms with E-state index in [1.54, 1.807) is 11.1 Å². The van der Waals surface area contributed by atoms with E-state index in [9.17, 15) is 5.11 Å². The Morgan fingerprint density at radius 2 is 2.00 bits per heavy atom. The number of allylic oxidation sites excluding steroid dienone is 1. The van der Waals surface area contributed by atoms with Gasteiger partial charge in [-0.1, -0.05) is 25.0 Å². The molecule has 0 aromatic carbocycles. The molecule has 2 fully saturated rings. The summed E-state index contributed by atoms with van der Waals surface area (Å²) in [6.07, 6.45) is 9.48. The van der Waals surface area contributed by atoms with Crippen molar-refractivity contribution >= 4 is 0 Å². The number of hydrogen-bond donors (Lipinski definition) is 1. The second-order valence-corrected chi connectivity index (χ2v) is 9.30. The molecule has 1 saturated carbocycles. The molecular weight excluding hydrogens is 310 g/mol. The van der Waals surface area contributed by atoms with Crippen LogP contribution < -0.4 is 0 Å². The predicted octanol–water partition coefficient (Wildman–Crippen LogP) is 3.65. The van der Waals surface area contributed by atoms with Gasteiger partial charge in [0.1, 0.15) is 0 Å². The lowest BCUT2D eigenvalue weighted by atomic mass is 9.72. The van der Waals surface area contributed by atoms with Gasteiger partial charge in [-0.15, -0.1) is 0 Å². The Hall–Kier alpha value is -1.13. The van der Waals surface area contributed by atoms with Gasteiger partial charge in [0.15, 0.2) is 0 Å². The van der Waals surface area contributed by atoms with Gasteiger partial charge in [0.2, 0.25) is 0 Å². The maximum absolute atomic E-state index is 10.6. The first-order valence-corrected chi connectivity index (χ1v) is 10.0. The number of hydrogen-bond acceptors (Lipinski definition) is 3. The van der Waals surface area contributed by atoms with Crippen LogP contribution in [0.4, 0.5) is 0 Å². The number of aromatic nitrogens is 2. The Labute approximate surface area is 151 Å². The fourth-order valence-electron chi connectivity index (χ4n) is 5.64. The standard InChI is InChI=1S/C21H33N3O/c1-15-6-4-7-21(2,3)18(15)14-23-12-16-10-19(24-9-5-8-22-24)20(25)11-17(16)13-23/h5,8-9,16-17,19-20,25H,4,6-7,10-14H2,1-3H3/t16-,17+,19-,20-/m1/s1. The lowest BCUT2D eigenvalue weighted by Gasteiger charge is -2.36. The SMILES string of the molecule is CC1=C(CN2C[C@H]3C[C@@H](n4cccn4)[C@H](O)C[C@H]3C2)C(C)(C)CCC1. The number of nitrogens with zero attached hydrogens (tertiary/aromatic N) is 3. The minimum Gasteiger partial charge on any atom is -0.391 e. The normalized spacial score (nSPS) is 35.8. The van der Waals surface area contributed by atoms with Crippen LogP contribution in [0.2, 0.25) is 0 Å². The Morgan fingerprint density at radius 3 is 2.68 bits per heavy atom. The molecule has 0 amide bonds. The average Bonchev–Trinajstić information content (AvgIpc) is 3.19. The maximum atomic E-state index is 10.6. The summed E-state index contributed by atoms with van der Waals surface area (Å²) in [4.78, 5) is 2.67. The Balaban J connectivity index is 1.45. The lowest BCUT2D eigenvalue weighted by molar-refractivity contribution is 0.0306. The van der Waals surface area contributed by atoms with Crippen molar-refractivity contribution in [1.29, 1.82) is 0 Å². The van der Waals surface area contributed by atoms with E-state index in [0.717, 1.165) is 25.9 Å². The van der Waals surface area contributed by atoms with E-state index in [0.29, 0.717) is 17.3 Å². The van der Waals surface area contributed by atoms with E-state index in [-0.39, 0.29) is 12.1 Å². The van der Waals surface area contributed by atoms with Crippen LogP contribution in [0, 0.1) is 17.3 Å². The highest BCUT2D eigenvalue weighted by Gasteiger charge is 2.43. The Morgan fingerprint density at radius 1 is 1.24 bits per heavy atom. The third-order valence-corrected chi connectivity index (χ3v) is 7.12. The van der Waals surface area contributed by atoms with Crippen LogP contribution in [0.15, 0.2) is 29.6 Å². The van der Waals surface area contributed by atoms with Gasteiger partial charge in [-0.2, -0.15) is 5.10 Å². The van der Waals surface area contributed by atoms with Gasteiger partial charge in [0.25, 0.3) is 0 Å². The number of aliphatic hydroxyl groups excluding tert-OH is 1. The second kappa shape index (κ2) is 6.55. The zero-order valence-electron chi connectivity index (χ0n) is 16.0. The van der Waals surface area contributed by atoms with Crippen LogP contribution in [-0.4, -0.2) is 45.5 Å². The topological polar surface area (TPSA) is 41.3 Å². The zero-order chi connectivity index (χ0) is 17.6. The molecule has 1 aromatic rings. The van der Waals surface area contributed by atoms with E-state index >= 15 is 0 Å². The van der Waals surface area contributed by atoms with Gasteiger partial charge in [-0.25, -0.2) is 0 Å². The molecule has 4 heteroatoms. The summed E-state index contributed by atoms with van der Waals surface area (Å²) in [7, 11) is 0. The number of rotatable bonds is 3. The van der Waals surface area contributed by atoms with E-state index in [1.165, 1.54) is 25.8 Å². The van der Waals surface area contributed by atoms with Crippen molar-refractivity contribution in [3.63, 3.8) is 0 Å². The minimum atomic E-state index is -0.256. The van der Waals surface area contributed by atoms with Crippen molar-refractivity contribution in [3.8, 4) is 0 Å². The average molecular weight is 344 g/mol. The molecule has 0 bridgehead atoms. The molecule has 138 valence electrons. The molecule has 4 nitrogen and oxygen atoms in total. The van der Waals surface area contributed by atoms with Gasteiger partial charge >= 0.3 is 0 Å². The van der Waals surface area contributed by atoms with Crippen molar-refractivity contribution in [3.05, 3.63) is 29.6 Å². The van der Waals surface area contributed by atoms with Crippen LogP contribution >= 0.6 is 0 Å². The first-order valence-electron chi connectivity index (χ1n) is 10.0. The molecule has 1 N–H and O–H groups in total. The van der Waals surface area contributed by atoms with Crippen molar-refractivity contribution in [1.82, 2.24) is 14.7 Å². The molecule has 1 aliphatic heterocycles. The zero-order valence-corrected chi connectivity index (χ0v) is 16.0. The monoisotopic (exact) mass is 343 g/mol.